The van der Waals surface area contributed by atoms with E-state index >= 15 is 0 Å². The number of nitrogens with one attached hydrogen (secondary N) is 1. The van der Waals surface area contributed by atoms with Crippen molar-refractivity contribution in [1.29, 1.82) is 0 Å². The van der Waals surface area contributed by atoms with E-state index in [0.717, 1.165) is 11.6 Å². The average Bonchev–Trinajstić information content (AvgIpc) is 2.86. The van der Waals surface area contributed by atoms with Crippen molar-refractivity contribution >= 4 is 11.6 Å². The van der Waals surface area contributed by atoms with E-state index in [-0.39, 0.29) is 0 Å². The molecule has 1 saturated carbocycles. The SMILES string of the molecule is Cc1ccc2nc(NC3CCCC3)nn2c1. The third-order valence-electron chi connectivity index (χ3n) is 3.17. The molecule has 0 radical (unpaired) electrons. The lowest BCUT2D eigenvalue weighted by molar-refractivity contribution is 0.743. The van der Waals surface area contributed by atoms with Crippen molar-refractivity contribution in [3.05, 3.63) is 23.9 Å². The molecule has 4 nitrogen and oxygen atoms in total. The second-order valence-corrected chi connectivity index (χ2v) is 4.57. The molecule has 3 rings (SSSR count). The Kier molecular flexibility index (Phi) is 2.27. The zero-order valence-corrected chi connectivity index (χ0v) is 9.48. The number of hydrogen-bond acceptors (Lipinski definition) is 3. The maximum absolute atomic E-state index is 4.46. The van der Waals surface area contributed by atoms with Crippen LogP contribution >= 0.6 is 0 Å². The van der Waals surface area contributed by atoms with Crippen molar-refractivity contribution in [3.8, 4) is 0 Å². The molecule has 0 aromatic carbocycles. The molecule has 0 atom stereocenters. The third-order valence-corrected chi connectivity index (χ3v) is 3.17. The molecule has 16 heavy (non-hydrogen) atoms. The van der Waals surface area contributed by atoms with E-state index in [1.54, 1.807) is 0 Å². The van der Waals surface area contributed by atoms with Gasteiger partial charge in [-0.05, 0) is 31.4 Å². The van der Waals surface area contributed by atoms with Gasteiger partial charge in [-0.3, -0.25) is 0 Å². The summed E-state index contributed by atoms with van der Waals surface area (Å²) in [6.45, 7) is 2.06. The molecule has 0 bridgehead atoms. The van der Waals surface area contributed by atoms with Crippen LogP contribution in [0.15, 0.2) is 18.3 Å². The molecule has 1 aliphatic rings. The molecule has 0 aliphatic heterocycles. The van der Waals surface area contributed by atoms with Crippen LogP contribution in [0.2, 0.25) is 0 Å². The summed E-state index contributed by atoms with van der Waals surface area (Å²) in [7, 11) is 0. The van der Waals surface area contributed by atoms with Gasteiger partial charge in [0.1, 0.15) is 0 Å². The molecule has 1 fully saturated rings. The number of aromatic nitrogens is 3. The highest BCUT2D eigenvalue weighted by molar-refractivity contribution is 5.44. The zero-order chi connectivity index (χ0) is 11.0. The first-order chi connectivity index (χ1) is 7.81. The highest BCUT2D eigenvalue weighted by atomic mass is 15.3. The predicted molar refractivity (Wildman–Crippen MR) is 63.6 cm³/mol. The fourth-order valence-corrected chi connectivity index (χ4v) is 2.30. The summed E-state index contributed by atoms with van der Waals surface area (Å²) >= 11 is 0. The van der Waals surface area contributed by atoms with Gasteiger partial charge in [-0.15, -0.1) is 5.10 Å². The zero-order valence-electron chi connectivity index (χ0n) is 9.48. The van der Waals surface area contributed by atoms with Crippen molar-refractivity contribution in [2.24, 2.45) is 0 Å². The number of pyridine rings is 1. The number of hydrogen-bond donors (Lipinski definition) is 1. The van der Waals surface area contributed by atoms with Crippen LogP contribution in [0.3, 0.4) is 0 Å². The van der Waals surface area contributed by atoms with Gasteiger partial charge in [0.2, 0.25) is 5.95 Å². The lowest BCUT2D eigenvalue weighted by atomic mass is 10.3. The Labute approximate surface area is 94.7 Å². The molecule has 0 amide bonds. The molecule has 1 aliphatic carbocycles. The van der Waals surface area contributed by atoms with Crippen LogP contribution in [0.1, 0.15) is 31.2 Å². The van der Waals surface area contributed by atoms with Gasteiger partial charge in [-0.25, -0.2) is 4.52 Å². The summed E-state index contributed by atoms with van der Waals surface area (Å²) in [5.74, 6) is 0.762. The van der Waals surface area contributed by atoms with Crippen LogP contribution in [-0.2, 0) is 0 Å². The molecule has 2 heterocycles. The minimum absolute atomic E-state index is 0.568. The van der Waals surface area contributed by atoms with E-state index in [1.807, 2.05) is 16.8 Å². The quantitative estimate of drug-likeness (QED) is 0.838. The summed E-state index contributed by atoms with van der Waals surface area (Å²) in [5.41, 5.74) is 2.11. The topological polar surface area (TPSA) is 42.2 Å². The number of anilines is 1. The summed E-state index contributed by atoms with van der Waals surface area (Å²) in [4.78, 5) is 4.46. The largest absolute Gasteiger partial charge is 0.350 e. The Morgan fingerprint density at radius 3 is 2.94 bits per heavy atom. The van der Waals surface area contributed by atoms with Crippen LogP contribution in [0.4, 0.5) is 5.95 Å². The van der Waals surface area contributed by atoms with E-state index in [9.17, 15) is 0 Å². The van der Waals surface area contributed by atoms with E-state index in [0.29, 0.717) is 6.04 Å². The lowest BCUT2D eigenvalue weighted by Crippen LogP contribution is -2.15. The van der Waals surface area contributed by atoms with Gasteiger partial charge in [0.15, 0.2) is 5.65 Å². The highest BCUT2D eigenvalue weighted by Gasteiger charge is 2.16. The first-order valence-corrected chi connectivity index (χ1v) is 5.91. The molecule has 0 unspecified atom stereocenters. The van der Waals surface area contributed by atoms with Gasteiger partial charge in [0.05, 0.1) is 0 Å². The predicted octanol–water partition coefficient (Wildman–Crippen LogP) is 2.39. The van der Waals surface area contributed by atoms with E-state index in [1.165, 1.54) is 31.2 Å². The molecule has 4 heteroatoms. The van der Waals surface area contributed by atoms with Crippen LogP contribution in [0.25, 0.3) is 5.65 Å². The Bertz CT molecular complexity index is 497. The average molecular weight is 216 g/mol. The van der Waals surface area contributed by atoms with Gasteiger partial charge in [-0.1, -0.05) is 18.9 Å². The highest BCUT2D eigenvalue weighted by Crippen LogP contribution is 2.21. The summed E-state index contributed by atoms with van der Waals surface area (Å²) < 4.78 is 1.84. The molecule has 0 saturated heterocycles. The van der Waals surface area contributed by atoms with Gasteiger partial charge in [-0.2, -0.15) is 4.98 Å². The first-order valence-electron chi connectivity index (χ1n) is 5.91. The normalized spacial score (nSPS) is 17.1. The molecule has 0 spiro atoms. The third kappa shape index (κ3) is 1.75. The second-order valence-electron chi connectivity index (χ2n) is 4.57. The molecule has 2 aromatic heterocycles. The monoisotopic (exact) mass is 216 g/mol. The van der Waals surface area contributed by atoms with Crippen LogP contribution in [0, 0.1) is 6.92 Å². The summed E-state index contributed by atoms with van der Waals surface area (Å²) in [6.07, 6.45) is 7.14. The maximum atomic E-state index is 4.46. The summed E-state index contributed by atoms with van der Waals surface area (Å²) in [5, 5.41) is 7.84. The van der Waals surface area contributed by atoms with Crippen LogP contribution < -0.4 is 5.32 Å². The van der Waals surface area contributed by atoms with Crippen LogP contribution in [-0.4, -0.2) is 20.6 Å². The molecular weight excluding hydrogens is 200 g/mol. The summed E-state index contributed by atoms with van der Waals surface area (Å²) in [6, 6.07) is 4.63. The van der Waals surface area contributed by atoms with E-state index < -0.39 is 0 Å². The van der Waals surface area contributed by atoms with Gasteiger partial charge in [0.25, 0.3) is 0 Å². The first kappa shape index (κ1) is 9.63. The van der Waals surface area contributed by atoms with Crippen LogP contribution in [0.5, 0.6) is 0 Å². The van der Waals surface area contributed by atoms with Gasteiger partial charge < -0.3 is 5.32 Å². The Morgan fingerprint density at radius 2 is 2.12 bits per heavy atom. The molecular formula is C12H16N4. The van der Waals surface area contributed by atoms with Gasteiger partial charge >= 0.3 is 0 Å². The standard InChI is InChI=1S/C12H16N4/c1-9-6-7-11-14-12(15-16(11)8-9)13-10-4-2-3-5-10/h6-8,10H,2-5H2,1H3,(H,13,15). The van der Waals surface area contributed by atoms with Crippen molar-refractivity contribution in [1.82, 2.24) is 14.6 Å². The minimum atomic E-state index is 0.568. The second kappa shape index (κ2) is 3.77. The minimum Gasteiger partial charge on any atom is -0.350 e. The molecule has 2 aromatic rings. The van der Waals surface area contributed by atoms with Crippen molar-refractivity contribution in [2.45, 2.75) is 38.6 Å². The fraction of sp³-hybridized carbons (Fsp3) is 0.500. The van der Waals surface area contributed by atoms with Crippen molar-refractivity contribution in [3.63, 3.8) is 0 Å². The van der Waals surface area contributed by atoms with E-state index in [4.69, 9.17) is 0 Å². The van der Waals surface area contributed by atoms with E-state index in [2.05, 4.69) is 28.4 Å². The van der Waals surface area contributed by atoms with Crippen molar-refractivity contribution < 1.29 is 0 Å². The lowest BCUT2D eigenvalue weighted by Gasteiger charge is -2.08. The maximum Gasteiger partial charge on any atom is 0.243 e. The Hall–Kier alpha value is -1.58. The Morgan fingerprint density at radius 1 is 1.31 bits per heavy atom. The number of rotatable bonds is 2. The smallest absolute Gasteiger partial charge is 0.243 e. The van der Waals surface area contributed by atoms with Gasteiger partial charge in [0, 0.05) is 12.2 Å². The fourth-order valence-electron chi connectivity index (χ4n) is 2.30. The number of aryl methyl sites for hydroxylation is 1. The number of nitrogens with zero attached hydrogens (tertiary/aromatic N) is 3. The molecule has 84 valence electrons. The Balaban J connectivity index is 1.86. The molecule has 1 N–H and O–H groups in total. The number of fused-ring (bicyclic) bond motifs is 1. The van der Waals surface area contributed by atoms with Crippen molar-refractivity contribution in [2.75, 3.05) is 5.32 Å².